The minimum atomic E-state index is -1.57. The van der Waals surface area contributed by atoms with E-state index in [0.29, 0.717) is 67.4 Å². The van der Waals surface area contributed by atoms with Gasteiger partial charge in [0.1, 0.15) is 29.0 Å². The van der Waals surface area contributed by atoms with Crippen LogP contribution in [0.25, 0.3) is 0 Å². The number of fused-ring (bicyclic) bond motifs is 2. The largest absolute Gasteiger partial charge is 0.497 e. The number of aliphatic hydroxyl groups excluding tert-OH is 3. The van der Waals surface area contributed by atoms with Crippen molar-refractivity contribution in [3.8, 4) is 23.0 Å². The van der Waals surface area contributed by atoms with Crippen molar-refractivity contribution < 1.29 is 67.6 Å². The van der Waals surface area contributed by atoms with Gasteiger partial charge in [-0.25, -0.2) is 9.59 Å². The van der Waals surface area contributed by atoms with E-state index in [-0.39, 0.29) is 76.8 Å². The van der Waals surface area contributed by atoms with E-state index in [4.69, 9.17) is 47.9 Å². The number of hydrogen-bond acceptors (Lipinski definition) is 15. The maximum absolute atomic E-state index is 14.9. The van der Waals surface area contributed by atoms with Crippen LogP contribution in [-0.4, -0.2) is 130 Å². The van der Waals surface area contributed by atoms with Crippen LogP contribution in [0, 0.1) is 17.8 Å². The van der Waals surface area contributed by atoms with Gasteiger partial charge in [-0.3, -0.25) is 10.2 Å². The van der Waals surface area contributed by atoms with Gasteiger partial charge in [0.05, 0.1) is 71.2 Å². The van der Waals surface area contributed by atoms with Crippen molar-refractivity contribution in [3.63, 3.8) is 0 Å². The SMILES string of the molecule is C=CCO[C@@]12Oc3ccc(OC(=O)Nc4ccc(OC)cc4OC)cc3[C@H]3[C@H](CCCCO)[C@@H](CCCCO)C=C(C(=NOC4CCCCO4)C[C@@H]1N(CCOCCO)C(=O)OCCCCCCCCCCCC)[C@H]32. The summed E-state index contributed by atoms with van der Waals surface area (Å²) in [5.74, 6) is -1.01. The van der Waals surface area contributed by atoms with Gasteiger partial charge in [0, 0.05) is 50.1 Å². The third kappa shape index (κ3) is 16.5. The first-order valence-electron chi connectivity index (χ1n) is 27.9. The number of nitrogens with one attached hydrogen (secondary N) is 1. The quantitative estimate of drug-likeness (QED) is 0.0292. The number of methoxy groups -OCH3 is 2. The number of allylic oxidation sites excluding steroid dienone is 1. The van der Waals surface area contributed by atoms with Gasteiger partial charge in [-0.2, -0.15) is 0 Å². The van der Waals surface area contributed by atoms with Gasteiger partial charge in [-0.1, -0.05) is 94.9 Å². The molecule has 0 aromatic heterocycles. The van der Waals surface area contributed by atoms with Gasteiger partial charge in [0.25, 0.3) is 0 Å². The first kappa shape index (κ1) is 59.3. The van der Waals surface area contributed by atoms with Crippen LogP contribution < -0.4 is 24.3 Å². The summed E-state index contributed by atoms with van der Waals surface area (Å²) in [7, 11) is 3.05. The molecule has 4 N–H and O–H groups in total. The first-order chi connectivity index (χ1) is 36.7. The fourth-order valence-electron chi connectivity index (χ4n) is 11.3. The average molecular weight is 1050 g/mol. The number of anilines is 1. The predicted octanol–water partition coefficient (Wildman–Crippen LogP) is 10.8. The highest BCUT2D eigenvalue weighted by Gasteiger charge is 2.65. The summed E-state index contributed by atoms with van der Waals surface area (Å²) in [4.78, 5) is 36.6. The molecule has 2 heterocycles. The Bertz CT molecular complexity index is 2110. The Morgan fingerprint density at radius 2 is 1.60 bits per heavy atom. The molecule has 2 fully saturated rings. The number of ether oxygens (including phenoxy) is 8. The number of rotatable bonds is 34. The van der Waals surface area contributed by atoms with Crippen molar-refractivity contribution in [2.45, 2.75) is 159 Å². The van der Waals surface area contributed by atoms with E-state index in [9.17, 15) is 24.9 Å². The van der Waals surface area contributed by atoms with Gasteiger partial charge >= 0.3 is 12.2 Å². The van der Waals surface area contributed by atoms with Crippen LogP contribution in [0.15, 0.2) is 65.9 Å². The van der Waals surface area contributed by atoms with Crippen LogP contribution in [-0.2, 0) is 23.8 Å². The summed E-state index contributed by atoms with van der Waals surface area (Å²) >= 11 is 0. The zero-order valence-corrected chi connectivity index (χ0v) is 45.0. The standard InChI is InChI=1S/C58H87N3O14/c1-5-7-8-9-10-11-12-13-14-20-35-71-57(66)61(29-36-69-37-32-64)52-41-49(60-75-53-24-17-21-34-70-53)46-38-42(22-15-18-30-62)45(23-16-19-31-63)54-47-39-44(26-28-50(47)74-58(52,55(46)54)72-33-6-2)73-56(65)59-48-27-25-43(67-3)40-51(48)68-4/h6,25-28,38-40,42,45,52-55,62-64H,2,5,7-24,29-37,41H2,1,3-4H3,(H,59,65)/t42-,45+,52-,53?,54+,55+,58+/m0/s1. The van der Waals surface area contributed by atoms with E-state index >= 15 is 0 Å². The van der Waals surface area contributed by atoms with Gasteiger partial charge in [0.15, 0.2) is 0 Å². The molecule has 418 valence electrons. The van der Waals surface area contributed by atoms with Crippen molar-refractivity contribution in [3.05, 3.63) is 66.3 Å². The van der Waals surface area contributed by atoms with Gasteiger partial charge < -0.3 is 58.1 Å². The lowest BCUT2D eigenvalue weighted by Gasteiger charge is -2.59. The molecule has 1 saturated carbocycles. The molecule has 6 rings (SSSR count). The van der Waals surface area contributed by atoms with Crippen LogP contribution in [0.3, 0.4) is 0 Å². The molecule has 1 unspecified atom stereocenters. The lowest BCUT2D eigenvalue weighted by Crippen LogP contribution is -2.70. The molecule has 0 radical (unpaired) electrons. The molecule has 2 amide bonds. The molecule has 7 atom stereocenters. The van der Waals surface area contributed by atoms with Crippen LogP contribution in [0.4, 0.5) is 15.3 Å². The third-order valence-corrected chi connectivity index (χ3v) is 15.0. The van der Waals surface area contributed by atoms with Crippen molar-refractivity contribution in [1.82, 2.24) is 4.90 Å². The van der Waals surface area contributed by atoms with Crippen LogP contribution in [0.5, 0.6) is 23.0 Å². The van der Waals surface area contributed by atoms with E-state index in [0.717, 1.165) is 62.5 Å². The van der Waals surface area contributed by atoms with E-state index in [1.807, 2.05) is 6.07 Å². The highest BCUT2D eigenvalue weighted by Crippen LogP contribution is 2.62. The topological polar surface area (TPSA) is 206 Å². The predicted molar refractivity (Wildman–Crippen MR) is 287 cm³/mol. The molecule has 2 aliphatic carbocycles. The van der Waals surface area contributed by atoms with Crippen molar-refractivity contribution in [2.75, 3.05) is 78.9 Å². The summed E-state index contributed by atoms with van der Waals surface area (Å²) in [6.07, 6.45) is 20.3. The number of hydrogen-bond donors (Lipinski definition) is 4. The maximum Gasteiger partial charge on any atom is 0.417 e. The third-order valence-electron chi connectivity index (χ3n) is 15.0. The van der Waals surface area contributed by atoms with Gasteiger partial charge in [-0.15, -0.1) is 6.58 Å². The van der Waals surface area contributed by atoms with Crippen molar-refractivity contribution in [2.24, 2.45) is 22.9 Å². The molecule has 75 heavy (non-hydrogen) atoms. The number of amides is 2. The fourth-order valence-corrected chi connectivity index (χ4v) is 11.3. The van der Waals surface area contributed by atoms with E-state index < -0.39 is 42.1 Å². The van der Waals surface area contributed by atoms with Crippen molar-refractivity contribution in [1.29, 1.82) is 0 Å². The monoisotopic (exact) mass is 1050 g/mol. The molecule has 2 aromatic carbocycles. The number of carbonyl (C=O) groups excluding carboxylic acids is 2. The Kier molecular flexibility index (Phi) is 25.3. The highest BCUT2D eigenvalue weighted by molar-refractivity contribution is 6.03. The molecule has 17 heteroatoms. The summed E-state index contributed by atoms with van der Waals surface area (Å²) in [5.41, 5.74) is 2.62. The number of oxime groups is 1. The Labute approximate surface area is 445 Å². The van der Waals surface area contributed by atoms with Crippen LogP contribution in [0.2, 0.25) is 0 Å². The summed E-state index contributed by atoms with van der Waals surface area (Å²) in [6, 6.07) is 9.49. The molecule has 17 nitrogen and oxygen atoms in total. The summed E-state index contributed by atoms with van der Waals surface area (Å²) in [5, 5.41) is 37.6. The van der Waals surface area contributed by atoms with E-state index in [2.05, 4.69) is 24.9 Å². The molecule has 0 spiro atoms. The minimum absolute atomic E-state index is 0.0310. The van der Waals surface area contributed by atoms with Gasteiger partial charge in [0.2, 0.25) is 12.1 Å². The summed E-state index contributed by atoms with van der Waals surface area (Å²) < 4.78 is 49.5. The summed E-state index contributed by atoms with van der Waals surface area (Å²) in [6.45, 7) is 7.29. The number of benzene rings is 2. The molecule has 2 aliphatic heterocycles. The first-order valence-corrected chi connectivity index (χ1v) is 27.9. The highest BCUT2D eigenvalue weighted by atomic mass is 16.8. The number of unbranched alkanes of at least 4 members (excludes halogenated alkanes) is 11. The van der Waals surface area contributed by atoms with Gasteiger partial charge in [-0.05, 0) is 92.7 Å². The Morgan fingerprint density at radius 3 is 2.29 bits per heavy atom. The average Bonchev–Trinajstić information content (AvgIpc) is 3.42. The number of aliphatic hydroxyl groups is 3. The van der Waals surface area contributed by atoms with Crippen LogP contribution in [0.1, 0.15) is 147 Å². The second kappa shape index (κ2) is 32.0. The second-order valence-electron chi connectivity index (χ2n) is 20.1. The normalized spacial score (nSPS) is 23.2. The number of carbonyl (C=O) groups is 2. The van der Waals surface area contributed by atoms with E-state index in [1.54, 1.807) is 48.4 Å². The Balaban J connectivity index is 1.44. The zero-order valence-electron chi connectivity index (χ0n) is 45.0. The molecule has 1 saturated heterocycles. The molecule has 4 aliphatic rings. The molecule has 2 aromatic rings. The minimum Gasteiger partial charge on any atom is -0.497 e. The Morgan fingerprint density at radius 1 is 0.853 bits per heavy atom. The number of nitrogens with zero attached hydrogens (tertiary/aromatic N) is 2. The lowest BCUT2D eigenvalue weighted by molar-refractivity contribution is -0.256. The zero-order chi connectivity index (χ0) is 53.3. The molecule has 0 bridgehead atoms. The second-order valence-corrected chi connectivity index (χ2v) is 20.1. The van der Waals surface area contributed by atoms with Crippen molar-refractivity contribution >= 4 is 23.6 Å². The maximum atomic E-state index is 14.9. The fraction of sp³-hybridized carbons (Fsp3) is 0.672. The molecular weight excluding hydrogens is 963 g/mol. The molecular formula is C58H87N3O14. The van der Waals surface area contributed by atoms with Crippen LogP contribution >= 0.6 is 0 Å². The lowest BCUT2D eigenvalue weighted by atomic mass is 9.55. The Hall–Kier alpha value is -4.91. The van der Waals surface area contributed by atoms with E-state index in [1.165, 1.54) is 45.6 Å². The smallest absolute Gasteiger partial charge is 0.417 e.